The van der Waals surface area contributed by atoms with Crippen molar-refractivity contribution in [1.82, 2.24) is 15.1 Å². The molecule has 0 bridgehead atoms. The summed E-state index contributed by atoms with van der Waals surface area (Å²) in [6.07, 6.45) is 4.33. The van der Waals surface area contributed by atoms with E-state index >= 15 is 0 Å². The van der Waals surface area contributed by atoms with E-state index in [-0.39, 0.29) is 18.0 Å². The van der Waals surface area contributed by atoms with E-state index in [1.807, 2.05) is 31.1 Å². The second kappa shape index (κ2) is 4.93. The molecule has 5 nitrogen and oxygen atoms in total. The van der Waals surface area contributed by atoms with E-state index in [9.17, 15) is 9.59 Å². The van der Waals surface area contributed by atoms with Gasteiger partial charge in [-0.15, -0.1) is 0 Å². The van der Waals surface area contributed by atoms with Gasteiger partial charge in [0, 0.05) is 14.1 Å². The zero-order chi connectivity index (χ0) is 11.4. The summed E-state index contributed by atoms with van der Waals surface area (Å²) < 4.78 is 0. The van der Waals surface area contributed by atoms with E-state index in [1.54, 1.807) is 0 Å². The number of amides is 2. The number of nitrogens with one attached hydrogen (secondary N) is 1. The monoisotopic (exact) mass is 211 g/mol. The van der Waals surface area contributed by atoms with Crippen molar-refractivity contribution in [2.45, 2.75) is 19.0 Å². The van der Waals surface area contributed by atoms with Gasteiger partial charge in [-0.25, -0.2) is 0 Å². The molecule has 2 amide bonds. The first-order chi connectivity index (χ1) is 7.11. The molecule has 2 atom stereocenters. The van der Waals surface area contributed by atoms with Gasteiger partial charge in [-0.05, 0) is 18.8 Å². The second-order valence-corrected chi connectivity index (χ2v) is 3.59. The Hall–Kier alpha value is -1.36. The molecule has 1 aliphatic heterocycles. The molecule has 1 aliphatic rings. The third-order valence-electron chi connectivity index (χ3n) is 2.51. The molecule has 0 fully saturated rings. The molecule has 1 heterocycles. The normalized spacial score (nSPS) is 24.3. The maximum absolute atomic E-state index is 11.8. The Balaban J connectivity index is 2.73. The number of imide groups is 1. The van der Waals surface area contributed by atoms with Crippen molar-refractivity contribution in [2.75, 3.05) is 20.6 Å². The average molecular weight is 211 g/mol. The van der Waals surface area contributed by atoms with E-state index in [4.69, 9.17) is 0 Å². The van der Waals surface area contributed by atoms with Crippen LogP contribution in [0.1, 0.15) is 6.92 Å². The van der Waals surface area contributed by atoms with Crippen LogP contribution >= 0.6 is 0 Å². The second-order valence-electron chi connectivity index (χ2n) is 3.59. The lowest BCUT2D eigenvalue weighted by molar-refractivity contribution is -0.140. The Bertz CT molecular complexity index is 278. The van der Waals surface area contributed by atoms with Gasteiger partial charge in [0.05, 0.1) is 6.04 Å². The number of hydrogen-bond acceptors (Lipinski definition) is 4. The highest BCUT2D eigenvalue weighted by atomic mass is 16.2. The van der Waals surface area contributed by atoms with Crippen LogP contribution in [-0.4, -0.2) is 54.8 Å². The molecule has 0 aromatic heterocycles. The highest BCUT2D eigenvalue weighted by molar-refractivity contribution is 5.91. The summed E-state index contributed by atoms with van der Waals surface area (Å²) >= 11 is 0. The lowest BCUT2D eigenvalue weighted by atomic mass is 10.1. The lowest BCUT2D eigenvalue weighted by Crippen LogP contribution is -2.51. The SMILES string of the molecule is CCNC1C=CN(C)[C@@H]1C(=O)N(C)C=O. The van der Waals surface area contributed by atoms with Gasteiger partial charge in [-0.2, -0.15) is 0 Å². The van der Waals surface area contributed by atoms with E-state index in [0.29, 0.717) is 6.41 Å². The van der Waals surface area contributed by atoms with Crippen LogP contribution in [0, 0.1) is 0 Å². The number of carbonyl (C=O) groups excluding carboxylic acids is 2. The van der Waals surface area contributed by atoms with Gasteiger partial charge in [0.15, 0.2) is 0 Å². The predicted octanol–water partition coefficient (Wildman–Crippen LogP) is -0.593. The van der Waals surface area contributed by atoms with Crippen LogP contribution in [0.3, 0.4) is 0 Å². The summed E-state index contributed by atoms with van der Waals surface area (Å²) in [5.41, 5.74) is 0. The molecule has 0 saturated heterocycles. The molecule has 5 heteroatoms. The Morgan fingerprint density at radius 3 is 2.87 bits per heavy atom. The molecule has 15 heavy (non-hydrogen) atoms. The number of rotatable bonds is 4. The number of carbonyl (C=O) groups is 2. The van der Waals surface area contributed by atoms with E-state index in [2.05, 4.69) is 5.32 Å². The summed E-state index contributed by atoms with van der Waals surface area (Å²) in [4.78, 5) is 25.3. The average Bonchev–Trinajstić information content (AvgIpc) is 2.58. The van der Waals surface area contributed by atoms with Crippen LogP contribution in [0.2, 0.25) is 0 Å². The van der Waals surface area contributed by atoms with Crippen molar-refractivity contribution in [3.05, 3.63) is 12.3 Å². The van der Waals surface area contributed by atoms with E-state index < -0.39 is 0 Å². The minimum Gasteiger partial charge on any atom is -0.367 e. The molecule has 0 aliphatic carbocycles. The summed E-state index contributed by atoms with van der Waals surface area (Å²) in [6, 6.07) is -0.338. The molecule has 1 N–H and O–H groups in total. The van der Waals surface area contributed by atoms with Crippen molar-refractivity contribution in [3.8, 4) is 0 Å². The Kier molecular flexibility index (Phi) is 3.85. The number of nitrogens with zero attached hydrogens (tertiary/aromatic N) is 2. The largest absolute Gasteiger partial charge is 0.367 e. The first-order valence-electron chi connectivity index (χ1n) is 4.97. The fraction of sp³-hybridized carbons (Fsp3) is 0.600. The smallest absolute Gasteiger partial charge is 0.253 e. The van der Waals surface area contributed by atoms with Crippen LogP contribution < -0.4 is 5.32 Å². The summed E-state index contributed by atoms with van der Waals surface area (Å²) in [5, 5.41) is 3.19. The van der Waals surface area contributed by atoms with Crippen molar-refractivity contribution < 1.29 is 9.59 Å². The highest BCUT2D eigenvalue weighted by Gasteiger charge is 2.34. The number of hydrogen-bond donors (Lipinski definition) is 1. The molecule has 0 aromatic rings. The van der Waals surface area contributed by atoms with Gasteiger partial charge in [0.25, 0.3) is 5.91 Å². The van der Waals surface area contributed by atoms with Gasteiger partial charge >= 0.3 is 0 Å². The van der Waals surface area contributed by atoms with Gasteiger partial charge in [0.1, 0.15) is 6.04 Å². The van der Waals surface area contributed by atoms with Gasteiger partial charge in [-0.1, -0.05) is 6.92 Å². The Morgan fingerprint density at radius 2 is 2.33 bits per heavy atom. The Labute approximate surface area is 89.7 Å². The molecular weight excluding hydrogens is 194 g/mol. The molecule has 1 rings (SSSR count). The van der Waals surface area contributed by atoms with Crippen molar-refractivity contribution >= 4 is 12.3 Å². The first kappa shape index (κ1) is 11.7. The third-order valence-corrected chi connectivity index (χ3v) is 2.51. The fourth-order valence-corrected chi connectivity index (χ4v) is 1.68. The first-order valence-corrected chi connectivity index (χ1v) is 4.97. The molecule has 0 aromatic carbocycles. The Morgan fingerprint density at radius 1 is 1.67 bits per heavy atom. The summed E-state index contributed by atoms with van der Waals surface area (Å²) in [5.74, 6) is -0.191. The minimum atomic E-state index is -0.319. The summed E-state index contributed by atoms with van der Waals surface area (Å²) in [6.45, 7) is 2.77. The maximum Gasteiger partial charge on any atom is 0.253 e. The molecular formula is C10H17N3O2. The van der Waals surface area contributed by atoms with Crippen LogP contribution in [0.25, 0.3) is 0 Å². The molecule has 0 spiro atoms. The zero-order valence-corrected chi connectivity index (χ0v) is 9.30. The maximum atomic E-state index is 11.8. The van der Waals surface area contributed by atoms with Crippen LogP contribution in [-0.2, 0) is 9.59 Å². The predicted molar refractivity (Wildman–Crippen MR) is 57.0 cm³/mol. The quantitative estimate of drug-likeness (QED) is 0.631. The zero-order valence-electron chi connectivity index (χ0n) is 9.30. The lowest BCUT2D eigenvalue weighted by Gasteiger charge is -2.27. The number of likely N-dealkylation sites (N-methyl/N-ethyl adjacent to an activating group) is 3. The van der Waals surface area contributed by atoms with Gasteiger partial charge < -0.3 is 10.2 Å². The summed E-state index contributed by atoms with van der Waals surface area (Å²) in [7, 11) is 3.31. The van der Waals surface area contributed by atoms with E-state index in [1.165, 1.54) is 7.05 Å². The topological polar surface area (TPSA) is 52.7 Å². The van der Waals surface area contributed by atoms with Crippen molar-refractivity contribution in [1.29, 1.82) is 0 Å². The minimum absolute atomic E-state index is 0.0186. The van der Waals surface area contributed by atoms with Crippen molar-refractivity contribution in [3.63, 3.8) is 0 Å². The third kappa shape index (κ3) is 2.36. The molecule has 84 valence electrons. The van der Waals surface area contributed by atoms with Crippen LogP contribution in [0.15, 0.2) is 12.3 Å². The molecule has 0 saturated carbocycles. The standard InChI is InChI=1S/C10H17N3O2/c1-4-11-8-5-6-12(2)9(8)10(15)13(3)7-14/h5-9,11H,4H2,1-3H3/t8?,9-/m0/s1. The molecule has 1 unspecified atom stereocenters. The van der Waals surface area contributed by atoms with Gasteiger partial charge in [0.2, 0.25) is 6.41 Å². The van der Waals surface area contributed by atoms with Crippen LogP contribution in [0.4, 0.5) is 0 Å². The molecule has 0 radical (unpaired) electrons. The fourth-order valence-electron chi connectivity index (χ4n) is 1.68. The van der Waals surface area contributed by atoms with Crippen LogP contribution in [0.5, 0.6) is 0 Å². The van der Waals surface area contributed by atoms with Gasteiger partial charge in [-0.3, -0.25) is 14.5 Å². The van der Waals surface area contributed by atoms with Crippen molar-refractivity contribution in [2.24, 2.45) is 0 Å². The highest BCUT2D eigenvalue weighted by Crippen LogP contribution is 2.14. The van der Waals surface area contributed by atoms with E-state index in [0.717, 1.165) is 11.4 Å².